The zero-order chi connectivity index (χ0) is 8.65. The van der Waals surface area contributed by atoms with Gasteiger partial charge < -0.3 is 0 Å². The standard InChI is InChI=1S/C9H12N2O/c12-11-8-10-7-6-9-4-2-1-3-5-9/h1-5,10H,6-8H2. The van der Waals surface area contributed by atoms with Crippen LogP contribution in [0.5, 0.6) is 0 Å². The number of hydrogen-bond acceptors (Lipinski definition) is 3. The fourth-order valence-electron chi connectivity index (χ4n) is 1.00. The van der Waals surface area contributed by atoms with E-state index < -0.39 is 0 Å². The first kappa shape index (κ1) is 8.87. The van der Waals surface area contributed by atoms with E-state index in [0.717, 1.165) is 13.0 Å². The molecule has 12 heavy (non-hydrogen) atoms. The predicted octanol–water partition coefficient (Wildman–Crippen LogP) is 1.54. The van der Waals surface area contributed by atoms with Crippen LogP contribution < -0.4 is 5.32 Å². The molecule has 0 aromatic heterocycles. The molecule has 0 atom stereocenters. The van der Waals surface area contributed by atoms with Gasteiger partial charge in [0.15, 0.2) is 0 Å². The molecule has 0 aliphatic carbocycles. The highest BCUT2D eigenvalue weighted by Gasteiger charge is 1.89. The molecule has 1 N–H and O–H groups in total. The van der Waals surface area contributed by atoms with Gasteiger partial charge in [-0.05, 0) is 12.0 Å². The molecule has 1 rings (SSSR count). The van der Waals surface area contributed by atoms with E-state index in [9.17, 15) is 4.91 Å². The summed E-state index contributed by atoms with van der Waals surface area (Å²) in [5.74, 6) is 0. The summed E-state index contributed by atoms with van der Waals surface area (Å²) in [6.45, 7) is 1.00. The van der Waals surface area contributed by atoms with Crippen molar-refractivity contribution in [1.29, 1.82) is 0 Å². The summed E-state index contributed by atoms with van der Waals surface area (Å²) in [5.41, 5.74) is 1.27. The van der Waals surface area contributed by atoms with Crippen molar-refractivity contribution in [2.45, 2.75) is 6.42 Å². The van der Waals surface area contributed by atoms with Crippen LogP contribution >= 0.6 is 0 Å². The number of benzene rings is 1. The predicted molar refractivity (Wildman–Crippen MR) is 48.8 cm³/mol. The van der Waals surface area contributed by atoms with Crippen LogP contribution in [0.25, 0.3) is 0 Å². The Morgan fingerprint density at radius 3 is 2.67 bits per heavy atom. The van der Waals surface area contributed by atoms with Crippen LogP contribution in [-0.2, 0) is 6.42 Å². The summed E-state index contributed by atoms with van der Waals surface area (Å²) in [6.07, 6.45) is 0.941. The lowest BCUT2D eigenvalue weighted by molar-refractivity contribution is 0.699. The molecule has 0 saturated carbocycles. The lowest BCUT2D eigenvalue weighted by atomic mass is 10.1. The van der Waals surface area contributed by atoms with E-state index in [-0.39, 0.29) is 6.67 Å². The molecule has 0 spiro atoms. The van der Waals surface area contributed by atoms with Crippen molar-refractivity contribution >= 4 is 0 Å². The maximum Gasteiger partial charge on any atom is 0.131 e. The number of nitroso groups, excluding NO2 is 1. The van der Waals surface area contributed by atoms with Crippen molar-refractivity contribution in [3.63, 3.8) is 0 Å². The number of nitrogens with one attached hydrogen (secondary N) is 1. The van der Waals surface area contributed by atoms with Gasteiger partial charge in [-0.15, -0.1) is 4.91 Å². The van der Waals surface area contributed by atoms with E-state index in [1.807, 2.05) is 18.2 Å². The quantitative estimate of drug-likeness (QED) is 0.529. The highest BCUT2D eigenvalue weighted by atomic mass is 16.3. The fraction of sp³-hybridized carbons (Fsp3) is 0.333. The molecular formula is C9H12N2O. The smallest absolute Gasteiger partial charge is 0.131 e. The Bertz CT molecular complexity index is 223. The molecule has 0 saturated heterocycles. The molecule has 3 nitrogen and oxygen atoms in total. The van der Waals surface area contributed by atoms with Crippen LogP contribution in [0.1, 0.15) is 5.56 Å². The minimum Gasteiger partial charge on any atom is -0.295 e. The number of hydrogen-bond donors (Lipinski definition) is 1. The summed E-state index contributed by atoms with van der Waals surface area (Å²) >= 11 is 0. The van der Waals surface area contributed by atoms with E-state index in [1.165, 1.54) is 5.56 Å². The van der Waals surface area contributed by atoms with Gasteiger partial charge >= 0.3 is 0 Å². The van der Waals surface area contributed by atoms with Gasteiger partial charge in [0.2, 0.25) is 0 Å². The normalized spacial score (nSPS) is 9.67. The largest absolute Gasteiger partial charge is 0.295 e. The summed E-state index contributed by atoms with van der Waals surface area (Å²) in [5, 5.41) is 5.61. The number of rotatable bonds is 5. The van der Waals surface area contributed by atoms with Crippen molar-refractivity contribution in [3.8, 4) is 0 Å². The first-order valence-electron chi connectivity index (χ1n) is 3.97. The van der Waals surface area contributed by atoms with Crippen LogP contribution in [0.15, 0.2) is 35.5 Å². The molecule has 1 aromatic carbocycles. The lowest BCUT2D eigenvalue weighted by Gasteiger charge is -1.99. The van der Waals surface area contributed by atoms with Gasteiger partial charge in [-0.3, -0.25) is 5.32 Å². The van der Waals surface area contributed by atoms with Gasteiger partial charge in [0.25, 0.3) is 0 Å². The minimum absolute atomic E-state index is 0.201. The van der Waals surface area contributed by atoms with Gasteiger partial charge in [-0.1, -0.05) is 35.5 Å². The highest BCUT2D eigenvalue weighted by molar-refractivity contribution is 5.14. The second kappa shape index (κ2) is 5.43. The van der Waals surface area contributed by atoms with Crippen molar-refractivity contribution in [1.82, 2.24) is 5.32 Å². The Hall–Kier alpha value is -1.22. The zero-order valence-corrected chi connectivity index (χ0v) is 6.86. The fourth-order valence-corrected chi connectivity index (χ4v) is 1.00. The van der Waals surface area contributed by atoms with Gasteiger partial charge in [-0.25, -0.2) is 0 Å². The molecule has 0 heterocycles. The topological polar surface area (TPSA) is 41.5 Å². The highest BCUT2D eigenvalue weighted by Crippen LogP contribution is 1.97. The van der Waals surface area contributed by atoms with Crippen LogP contribution in [0, 0.1) is 4.91 Å². The van der Waals surface area contributed by atoms with Crippen molar-refractivity contribution < 1.29 is 0 Å². The molecule has 64 valence electrons. The van der Waals surface area contributed by atoms with E-state index in [1.54, 1.807) is 0 Å². The Labute approximate surface area is 71.8 Å². The van der Waals surface area contributed by atoms with E-state index in [2.05, 4.69) is 22.6 Å². The Morgan fingerprint density at radius 1 is 1.25 bits per heavy atom. The van der Waals surface area contributed by atoms with Gasteiger partial charge in [0, 0.05) is 6.54 Å². The third kappa shape index (κ3) is 3.25. The van der Waals surface area contributed by atoms with Crippen LogP contribution in [-0.4, -0.2) is 13.2 Å². The zero-order valence-electron chi connectivity index (χ0n) is 6.86. The van der Waals surface area contributed by atoms with Crippen molar-refractivity contribution in [3.05, 3.63) is 40.8 Å². The van der Waals surface area contributed by atoms with E-state index in [4.69, 9.17) is 0 Å². The van der Waals surface area contributed by atoms with E-state index in [0.29, 0.717) is 0 Å². The van der Waals surface area contributed by atoms with Gasteiger partial charge in [0.05, 0.1) is 0 Å². The SMILES string of the molecule is O=NCNCCc1ccccc1. The third-order valence-electron chi connectivity index (χ3n) is 1.61. The van der Waals surface area contributed by atoms with Crippen LogP contribution in [0.4, 0.5) is 0 Å². The first-order valence-corrected chi connectivity index (χ1v) is 3.97. The molecule has 0 aliphatic rings. The summed E-state index contributed by atoms with van der Waals surface area (Å²) in [4.78, 5) is 9.70. The Kier molecular flexibility index (Phi) is 4.02. The van der Waals surface area contributed by atoms with Crippen molar-refractivity contribution in [2.24, 2.45) is 5.18 Å². The van der Waals surface area contributed by atoms with Crippen LogP contribution in [0.3, 0.4) is 0 Å². The van der Waals surface area contributed by atoms with Gasteiger partial charge in [-0.2, -0.15) is 0 Å². The molecule has 0 radical (unpaired) electrons. The molecule has 1 aromatic rings. The van der Waals surface area contributed by atoms with Crippen molar-refractivity contribution in [2.75, 3.05) is 13.2 Å². The minimum atomic E-state index is 0.201. The van der Waals surface area contributed by atoms with Crippen LogP contribution in [0.2, 0.25) is 0 Å². The molecule has 0 bridgehead atoms. The molecule has 0 amide bonds. The van der Waals surface area contributed by atoms with E-state index >= 15 is 0 Å². The summed E-state index contributed by atoms with van der Waals surface area (Å²) < 4.78 is 0. The second-order valence-electron chi connectivity index (χ2n) is 2.52. The molecule has 0 fully saturated rings. The third-order valence-corrected chi connectivity index (χ3v) is 1.61. The molecule has 0 aliphatic heterocycles. The maximum absolute atomic E-state index is 9.70. The summed E-state index contributed by atoms with van der Waals surface area (Å²) in [7, 11) is 0. The Morgan fingerprint density at radius 2 is 2.00 bits per heavy atom. The molecule has 0 unspecified atom stereocenters. The average molecular weight is 164 g/mol. The lowest BCUT2D eigenvalue weighted by Crippen LogP contribution is -2.16. The average Bonchev–Trinajstić information content (AvgIpc) is 2.14. The summed E-state index contributed by atoms with van der Waals surface area (Å²) in [6, 6.07) is 10.1. The van der Waals surface area contributed by atoms with Gasteiger partial charge in [0.1, 0.15) is 6.67 Å². The number of nitrogens with zero attached hydrogens (tertiary/aromatic N) is 1. The monoisotopic (exact) mass is 164 g/mol. The molecule has 3 heteroatoms. The maximum atomic E-state index is 9.70. The first-order chi connectivity index (χ1) is 5.93. The molecular weight excluding hydrogens is 152 g/mol. The Balaban J connectivity index is 2.20. The second-order valence-corrected chi connectivity index (χ2v) is 2.52.